The smallest absolute Gasteiger partial charge is 0.403 e. The average molecular weight is 405 g/mol. The van der Waals surface area contributed by atoms with Crippen LogP contribution in [-0.4, -0.2) is 6.36 Å². The molecule has 1 nitrogen and oxygen atoms in total. The summed E-state index contributed by atoms with van der Waals surface area (Å²) >= 11 is 5.68. The molecule has 150 valence electrons. The van der Waals surface area contributed by atoms with Crippen molar-refractivity contribution in [3.05, 3.63) is 41.2 Å². The Morgan fingerprint density at radius 2 is 1.52 bits per heavy atom. The molecule has 2 aliphatic carbocycles. The van der Waals surface area contributed by atoms with Crippen molar-refractivity contribution < 1.29 is 22.3 Å². The van der Waals surface area contributed by atoms with Crippen molar-refractivity contribution in [2.24, 2.45) is 17.8 Å². The Morgan fingerprint density at radius 3 is 2.04 bits per heavy atom. The van der Waals surface area contributed by atoms with Crippen molar-refractivity contribution in [1.29, 1.82) is 0 Å². The summed E-state index contributed by atoms with van der Waals surface area (Å²) in [5, 5.41) is 0. The highest BCUT2D eigenvalue weighted by atomic mass is 35.5. The Kier molecular flexibility index (Phi) is 6.72. The van der Waals surface area contributed by atoms with E-state index in [0.29, 0.717) is 11.8 Å². The molecule has 27 heavy (non-hydrogen) atoms. The first-order chi connectivity index (χ1) is 12.9. The molecule has 0 radical (unpaired) electrons. The second-order valence-electron chi connectivity index (χ2n) is 7.84. The van der Waals surface area contributed by atoms with Crippen LogP contribution in [0.4, 0.5) is 17.6 Å². The van der Waals surface area contributed by atoms with E-state index in [1.165, 1.54) is 31.7 Å². The van der Waals surface area contributed by atoms with Crippen molar-refractivity contribution in [2.75, 3.05) is 0 Å². The zero-order chi connectivity index (χ0) is 19.4. The van der Waals surface area contributed by atoms with Crippen LogP contribution in [0, 0.1) is 23.6 Å². The number of ether oxygens (including phenoxy) is 1. The minimum Gasteiger partial charge on any atom is -0.403 e. The SMILES string of the molecule is Fc1cc(C2CCC(C3CCC(C=CCl)CC3)CC2)ccc1OC(F)(F)F. The summed E-state index contributed by atoms with van der Waals surface area (Å²) in [4.78, 5) is 0. The van der Waals surface area contributed by atoms with Crippen molar-refractivity contribution >= 4 is 11.6 Å². The highest BCUT2D eigenvalue weighted by Gasteiger charge is 2.33. The van der Waals surface area contributed by atoms with E-state index in [-0.39, 0.29) is 5.92 Å². The monoisotopic (exact) mass is 404 g/mol. The van der Waals surface area contributed by atoms with Crippen LogP contribution >= 0.6 is 11.6 Å². The summed E-state index contributed by atoms with van der Waals surface area (Å²) in [5.74, 6) is 0.576. The molecule has 0 unspecified atom stereocenters. The first-order valence-electron chi connectivity index (χ1n) is 9.68. The molecule has 0 N–H and O–H groups in total. The Bertz CT molecular complexity index is 642. The van der Waals surface area contributed by atoms with E-state index in [9.17, 15) is 17.6 Å². The van der Waals surface area contributed by atoms with Crippen LogP contribution in [0.15, 0.2) is 29.8 Å². The van der Waals surface area contributed by atoms with Gasteiger partial charge in [-0.3, -0.25) is 0 Å². The molecule has 0 heterocycles. The predicted octanol–water partition coefficient (Wildman–Crippen LogP) is 7.56. The van der Waals surface area contributed by atoms with Gasteiger partial charge in [-0.1, -0.05) is 23.7 Å². The summed E-state index contributed by atoms with van der Waals surface area (Å²) in [5.41, 5.74) is 2.40. The van der Waals surface area contributed by atoms with Crippen LogP contribution in [0.25, 0.3) is 0 Å². The van der Waals surface area contributed by atoms with E-state index in [1.54, 1.807) is 11.6 Å². The van der Waals surface area contributed by atoms with E-state index in [2.05, 4.69) is 10.8 Å². The Balaban J connectivity index is 1.53. The number of rotatable bonds is 4. The van der Waals surface area contributed by atoms with Gasteiger partial charge in [0, 0.05) is 5.54 Å². The van der Waals surface area contributed by atoms with Crippen molar-refractivity contribution in [3.8, 4) is 5.75 Å². The molecule has 3 rings (SSSR count). The quantitative estimate of drug-likeness (QED) is 0.470. The number of hydrogen-bond donors (Lipinski definition) is 0. The molecule has 0 amide bonds. The number of benzene rings is 1. The summed E-state index contributed by atoms with van der Waals surface area (Å²) < 4.78 is 54.5. The summed E-state index contributed by atoms with van der Waals surface area (Å²) in [7, 11) is 0. The number of halogens is 5. The maximum Gasteiger partial charge on any atom is 0.573 e. The molecule has 2 aliphatic rings. The highest BCUT2D eigenvalue weighted by molar-refractivity contribution is 6.25. The van der Waals surface area contributed by atoms with E-state index >= 15 is 0 Å². The number of hydrogen-bond acceptors (Lipinski definition) is 1. The van der Waals surface area contributed by atoms with Crippen molar-refractivity contribution in [1.82, 2.24) is 0 Å². The Morgan fingerprint density at radius 1 is 0.926 bits per heavy atom. The fraction of sp³-hybridized carbons (Fsp3) is 0.619. The molecule has 0 spiro atoms. The van der Waals surface area contributed by atoms with Gasteiger partial charge in [-0.05, 0) is 92.7 Å². The lowest BCUT2D eigenvalue weighted by atomic mass is 9.68. The van der Waals surface area contributed by atoms with Crippen LogP contribution in [0.1, 0.15) is 62.8 Å². The number of alkyl halides is 3. The molecule has 1 aromatic carbocycles. The lowest BCUT2D eigenvalue weighted by Crippen LogP contribution is -2.25. The van der Waals surface area contributed by atoms with Gasteiger partial charge in [0.1, 0.15) is 0 Å². The normalized spacial score (nSPS) is 29.8. The minimum absolute atomic E-state index is 0.214. The molecule has 0 bridgehead atoms. The van der Waals surface area contributed by atoms with Gasteiger partial charge in [-0.2, -0.15) is 0 Å². The van der Waals surface area contributed by atoms with Gasteiger partial charge in [0.2, 0.25) is 0 Å². The Hall–Kier alpha value is -1.23. The van der Waals surface area contributed by atoms with Gasteiger partial charge in [0.15, 0.2) is 11.6 Å². The lowest BCUT2D eigenvalue weighted by molar-refractivity contribution is -0.275. The second kappa shape index (κ2) is 8.85. The third-order valence-electron chi connectivity index (χ3n) is 6.25. The molecule has 1 aromatic rings. The maximum atomic E-state index is 14.0. The average Bonchev–Trinajstić information content (AvgIpc) is 2.63. The van der Waals surface area contributed by atoms with Gasteiger partial charge in [-0.25, -0.2) is 4.39 Å². The first kappa shape index (κ1) is 20.5. The summed E-state index contributed by atoms with van der Waals surface area (Å²) in [6, 6.07) is 3.87. The summed E-state index contributed by atoms with van der Waals surface area (Å²) in [6.07, 6.45) is 6.21. The minimum atomic E-state index is -4.88. The summed E-state index contributed by atoms with van der Waals surface area (Å²) in [6.45, 7) is 0. The molecule has 0 aliphatic heterocycles. The van der Waals surface area contributed by atoms with Crippen LogP contribution < -0.4 is 4.74 Å². The first-order valence-corrected chi connectivity index (χ1v) is 10.1. The Labute approximate surface area is 162 Å². The van der Waals surface area contributed by atoms with Crippen molar-refractivity contribution in [3.63, 3.8) is 0 Å². The van der Waals surface area contributed by atoms with Gasteiger partial charge >= 0.3 is 6.36 Å². The van der Waals surface area contributed by atoms with Crippen LogP contribution in [-0.2, 0) is 0 Å². The standard InChI is InChI=1S/C21H25ClF4O/c22-12-11-14-1-3-15(4-2-14)16-5-7-17(8-6-16)18-9-10-20(19(23)13-18)27-21(24,25)26/h9-17H,1-8H2. The van der Waals surface area contributed by atoms with Crippen LogP contribution in [0.3, 0.4) is 0 Å². The molecular formula is C21H25ClF4O. The molecule has 6 heteroatoms. The topological polar surface area (TPSA) is 9.23 Å². The third-order valence-corrected chi connectivity index (χ3v) is 6.40. The molecule has 2 saturated carbocycles. The molecule has 0 aromatic heterocycles. The van der Waals surface area contributed by atoms with Crippen LogP contribution in [0.5, 0.6) is 5.75 Å². The molecule has 0 atom stereocenters. The van der Waals surface area contributed by atoms with Gasteiger partial charge in [0.25, 0.3) is 0 Å². The fourth-order valence-corrected chi connectivity index (χ4v) is 5.02. The second-order valence-corrected chi connectivity index (χ2v) is 8.09. The van der Waals surface area contributed by atoms with E-state index < -0.39 is 17.9 Å². The zero-order valence-electron chi connectivity index (χ0n) is 15.2. The largest absolute Gasteiger partial charge is 0.573 e. The molecular weight excluding hydrogens is 380 g/mol. The van der Waals surface area contributed by atoms with E-state index in [0.717, 1.165) is 43.2 Å². The number of allylic oxidation sites excluding steroid dienone is 1. The maximum absolute atomic E-state index is 14.0. The van der Waals surface area contributed by atoms with Crippen molar-refractivity contribution in [2.45, 2.75) is 63.6 Å². The third kappa shape index (κ3) is 5.63. The lowest BCUT2D eigenvalue weighted by Gasteiger charge is -2.37. The van der Waals surface area contributed by atoms with Gasteiger partial charge < -0.3 is 4.74 Å². The fourth-order valence-electron chi connectivity index (χ4n) is 4.81. The molecule has 0 saturated heterocycles. The predicted molar refractivity (Wildman–Crippen MR) is 98.2 cm³/mol. The van der Waals surface area contributed by atoms with E-state index in [1.807, 2.05) is 0 Å². The van der Waals surface area contributed by atoms with Gasteiger partial charge in [-0.15, -0.1) is 13.2 Å². The highest BCUT2D eigenvalue weighted by Crippen LogP contribution is 2.44. The molecule has 2 fully saturated rings. The van der Waals surface area contributed by atoms with Crippen LogP contribution in [0.2, 0.25) is 0 Å². The van der Waals surface area contributed by atoms with E-state index in [4.69, 9.17) is 11.6 Å². The van der Waals surface area contributed by atoms with Gasteiger partial charge in [0.05, 0.1) is 0 Å². The zero-order valence-corrected chi connectivity index (χ0v) is 15.9.